The molecule has 0 saturated heterocycles. The Morgan fingerprint density at radius 1 is 0.333 bits per heavy atom. The number of fused-ring (bicyclic) bond motifs is 8. The van der Waals surface area contributed by atoms with Crippen LogP contribution in [0.5, 0.6) is 0 Å². The summed E-state index contributed by atoms with van der Waals surface area (Å²) in [6, 6.07) is 50.6. The van der Waals surface area contributed by atoms with Gasteiger partial charge in [0.15, 0.2) is 0 Å². The highest BCUT2D eigenvalue weighted by Gasteiger charge is 2.22. The molecule has 2 aliphatic heterocycles. The molecular weight excluding hydrogens is 1290 g/mol. The Labute approximate surface area is 548 Å². The van der Waals surface area contributed by atoms with Crippen molar-refractivity contribution in [1.82, 2.24) is 35.9 Å². The van der Waals surface area contributed by atoms with Gasteiger partial charge in [-0.05, 0) is 192 Å². The number of aromatic nitrogens is 4. The first-order valence-corrected chi connectivity index (χ1v) is 33.9. The third-order valence-corrected chi connectivity index (χ3v) is 18.7. The number of halogens is 3. The number of amides is 3. The van der Waals surface area contributed by atoms with Crippen LogP contribution in [0.15, 0.2) is 209 Å². The van der Waals surface area contributed by atoms with Gasteiger partial charge >= 0.3 is 36.6 Å². The molecule has 2 aliphatic rings. The molecular formula is C72H54F3N7O11S3. The molecule has 0 radical (unpaired) electrons. The van der Waals surface area contributed by atoms with Crippen LogP contribution >= 0.6 is 0 Å². The van der Waals surface area contributed by atoms with E-state index in [-0.39, 0.29) is 42.9 Å². The molecule has 3 aromatic heterocycles. The van der Waals surface area contributed by atoms with E-state index in [2.05, 4.69) is 25.9 Å². The fourth-order valence-electron chi connectivity index (χ4n) is 11.3. The van der Waals surface area contributed by atoms with Crippen molar-refractivity contribution < 1.29 is 61.2 Å². The Bertz CT molecular complexity index is 5200. The van der Waals surface area contributed by atoms with Crippen LogP contribution in [0.4, 0.5) is 11.7 Å². The van der Waals surface area contributed by atoms with Gasteiger partial charge < -0.3 is 31.0 Å². The van der Waals surface area contributed by atoms with Crippen molar-refractivity contribution in [3.05, 3.63) is 256 Å². The molecule has 96 heavy (non-hydrogen) atoms. The number of carbonyl (C=O) groups is 4. The van der Waals surface area contributed by atoms with Crippen LogP contribution in [0.1, 0.15) is 80.9 Å². The van der Waals surface area contributed by atoms with Gasteiger partial charge in [-0.3, -0.25) is 14.4 Å². The van der Waals surface area contributed by atoms with Crippen molar-refractivity contribution in [2.45, 2.75) is 33.9 Å². The molecule has 482 valence electrons. The van der Waals surface area contributed by atoms with E-state index in [0.717, 1.165) is 36.4 Å². The largest absolute Gasteiger partial charge is 0.478 e. The first kappa shape index (κ1) is 64.8. The smallest absolute Gasteiger partial charge is 0.335 e. The second kappa shape index (κ2) is 26.9. The molecule has 0 fully saturated rings. The van der Waals surface area contributed by atoms with E-state index < -0.39 is 51.3 Å². The van der Waals surface area contributed by atoms with Crippen molar-refractivity contribution in [3.63, 3.8) is 0 Å². The van der Waals surface area contributed by atoms with Crippen molar-refractivity contribution in [3.8, 4) is 44.5 Å². The minimum atomic E-state index is -4.87. The summed E-state index contributed by atoms with van der Waals surface area (Å²) in [5.74, 6) is -2.26. The molecule has 8 bridgehead atoms. The molecule has 7 aromatic carbocycles. The molecule has 3 amide bonds. The summed E-state index contributed by atoms with van der Waals surface area (Å²) in [6.45, 7) is 0.568. The number of rotatable bonds is 20. The summed E-state index contributed by atoms with van der Waals surface area (Å²) in [7, 11) is -14.6. The molecule has 0 aliphatic carbocycles. The summed E-state index contributed by atoms with van der Waals surface area (Å²) in [6.07, 6.45) is 8.45. The highest BCUT2D eigenvalue weighted by molar-refractivity contribution is 7.86. The van der Waals surface area contributed by atoms with Crippen molar-refractivity contribution in [2.75, 3.05) is 19.6 Å². The number of nitrogens with zero attached hydrogens (tertiary/aromatic N) is 2. The molecule has 0 saturated carbocycles. The zero-order valence-electron chi connectivity index (χ0n) is 50.3. The lowest BCUT2D eigenvalue weighted by Gasteiger charge is -2.09. The lowest BCUT2D eigenvalue weighted by molar-refractivity contribution is 0.0695. The monoisotopic (exact) mass is 1350 g/mol. The maximum absolute atomic E-state index is 13.6. The van der Waals surface area contributed by atoms with Crippen LogP contribution in [0.25, 0.3) is 90.9 Å². The summed E-state index contributed by atoms with van der Waals surface area (Å²) in [4.78, 5) is 69.6. The molecule has 0 spiro atoms. The van der Waals surface area contributed by atoms with Gasteiger partial charge in [-0.15, -0.1) is 11.7 Å². The number of carboxylic acid groups (broad SMARTS) is 1. The fraction of sp³-hybridized carbons (Fsp3) is 0.0833. The number of aromatic carboxylic acids is 1. The van der Waals surface area contributed by atoms with E-state index in [9.17, 15) is 61.2 Å². The van der Waals surface area contributed by atoms with Crippen molar-refractivity contribution >= 4 is 101 Å². The van der Waals surface area contributed by atoms with Crippen LogP contribution in [0, 0.1) is 0 Å². The van der Waals surface area contributed by atoms with Crippen LogP contribution in [0.2, 0.25) is 0 Å². The lowest BCUT2D eigenvalue weighted by Crippen LogP contribution is -2.25. The molecule has 5 heterocycles. The standard InChI is InChI=1S/C72H54F3N7O11S3/c73-94(88,89)54-23-1-43(2-24-54)37-40-76-69(83)50-15-7-46(8-16-50)65-57-29-31-59(79-57)66(47-9-17-51(18-10-47)70(84)77-41-38-44-3-25-55(26-4-44)95(74,90)91)61-33-35-63(81-61)68(49-13-21-53(22-14-49)72(86)87)64-36-34-62(82-64)67(60-32-30-58(65)80-60)48-11-19-52(20-12-48)71(85)78-42-39-45-5-27-56(28-6-45)96(75,92)93/h1-36,79,82H,37-42H2,(H,76,83)(H,77,84)(H,78,85)(H,86,87). The molecule has 12 rings (SSSR count). The maximum atomic E-state index is 13.6. The fourth-order valence-corrected chi connectivity index (χ4v) is 12.7. The lowest BCUT2D eigenvalue weighted by atomic mass is 10.0. The Hall–Kier alpha value is -11.3. The van der Waals surface area contributed by atoms with Crippen LogP contribution < -0.4 is 16.0 Å². The SMILES string of the molecule is O=C(O)c1ccc(-c2c3nc(c(-c4ccc(C(=O)NCCc5ccc(S(=O)(=O)F)cc5)cc4)c4ccc([nH]4)c(-c4ccc(C(=O)NCCc5ccc(S(=O)(=O)F)cc5)cc4)c4nc(c(-c5ccc(C(=O)NCCc6ccc(S(=O)(=O)F)cc6)cc5)c5ccc2[nH]5)C=C4)C=C3)cc1. The van der Waals surface area contributed by atoms with Gasteiger partial charge in [0.05, 0.1) is 43.0 Å². The molecule has 0 unspecified atom stereocenters. The Morgan fingerprint density at radius 3 is 0.781 bits per heavy atom. The summed E-state index contributed by atoms with van der Waals surface area (Å²) >= 11 is 0. The second-order valence-electron chi connectivity index (χ2n) is 22.4. The van der Waals surface area contributed by atoms with E-state index in [1.54, 1.807) is 84.9 Å². The second-order valence-corrected chi connectivity index (χ2v) is 26.4. The number of carboxylic acids is 1. The summed E-state index contributed by atoms with van der Waals surface area (Å²) < 4.78 is 109. The number of hydrogen-bond donors (Lipinski definition) is 6. The molecule has 10 aromatic rings. The van der Waals surface area contributed by atoms with E-state index in [1.807, 2.05) is 48.6 Å². The van der Waals surface area contributed by atoms with Gasteiger partial charge in [0, 0.05) is 80.6 Å². The number of hydrogen-bond acceptors (Lipinski definition) is 12. The highest BCUT2D eigenvalue weighted by Crippen LogP contribution is 2.39. The predicted molar refractivity (Wildman–Crippen MR) is 360 cm³/mol. The van der Waals surface area contributed by atoms with Crippen molar-refractivity contribution in [2.24, 2.45) is 0 Å². The van der Waals surface area contributed by atoms with Crippen LogP contribution in [0.3, 0.4) is 0 Å². The number of aromatic amines is 2. The van der Waals surface area contributed by atoms with Gasteiger partial charge in [0.25, 0.3) is 17.7 Å². The predicted octanol–water partition coefficient (Wildman–Crippen LogP) is 12.9. The van der Waals surface area contributed by atoms with E-state index in [4.69, 9.17) is 9.97 Å². The number of benzene rings is 7. The van der Waals surface area contributed by atoms with Gasteiger partial charge in [-0.2, -0.15) is 25.3 Å². The average Bonchev–Trinajstić information content (AvgIpc) is 1.62. The number of nitrogens with one attached hydrogen (secondary N) is 5. The van der Waals surface area contributed by atoms with E-state index in [0.29, 0.717) is 142 Å². The first-order valence-electron chi connectivity index (χ1n) is 29.8. The van der Waals surface area contributed by atoms with E-state index in [1.165, 1.54) is 48.5 Å². The van der Waals surface area contributed by atoms with Gasteiger partial charge in [0.1, 0.15) is 0 Å². The Kier molecular flexibility index (Phi) is 18.2. The van der Waals surface area contributed by atoms with Gasteiger partial charge in [0.2, 0.25) is 0 Å². The minimum absolute atomic E-state index is 0.0682. The summed E-state index contributed by atoms with van der Waals surface area (Å²) in [5, 5.41) is 18.6. The Morgan fingerprint density at radius 2 is 0.562 bits per heavy atom. The molecule has 0 atom stereocenters. The first-order chi connectivity index (χ1) is 46.0. The molecule has 6 N–H and O–H groups in total. The average molecular weight is 1350 g/mol. The zero-order valence-corrected chi connectivity index (χ0v) is 52.8. The topological polar surface area (TPSA) is 284 Å². The Balaban J connectivity index is 0.958. The van der Waals surface area contributed by atoms with Crippen molar-refractivity contribution in [1.29, 1.82) is 0 Å². The third-order valence-electron chi connectivity index (χ3n) is 16.2. The van der Waals surface area contributed by atoms with Gasteiger partial charge in [-0.1, -0.05) is 84.9 Å². The quantitative estimate of drug-likeness (QED) is 0.0388. The van der Waals surface area contributed by atoms with Crippen LogP contribution in [-0.4, -0.2) is 93.6 Å². The number of carbonyl (C=O) groups excluding carboxylic acids is 3. The normalized spacial score (nSPS) is 12.1. The minimum Gasteiger partial charge on any atom is -0.478 e. The zero-order chi connectivity index (χ0) is 67.5. The summed E-state index contributed by atoms with van der Waals surface area (Å²) in [5.41, 5.74) is 12.6. The third kappa shape index (κ3) is 14.5. The molecule has 24 heteroatoms. The van der Waals surface area contributed by atoms with E-state index >= 15 is 0 Å². The number of H-pyrrole nitrogens is 2. The molecule has 18 nitrogen and oxygen atoms in total. The highest BCUT2D eigenvalue weighted by atomic mass is 32.3. The van der Waals surface area contributed by atoms with Gasteiger partial charge in [-0.25, -0.2) is 14.8 Å². The van der Waals surface area contributed by atoms with Crippen LogP contribution in [-0.2, 0) is 49.9 Å². The maximum Gasteiger partial charge on any atom is 0.335 e.